The molecule has 1 aliphatic rings. The minimum absolute atomic E-state index is 0.964. The van der Waals surface area contributed by atoms with Crippen molar-refractivity contribution in [1.29, 1.82) is 0 Å². The second-order valence-electron chi connectivity index (χ2n) is 6.86. The van der Waals surface area contributed by atoms with E-state index in [2.05, 4.69) is 58.6 Å². The number of rotatable bonds is 6. The highest BCUT2D eigenvalue weighted by Gasteiger charge is 2.17. The summed E-state index contributed by atoms with van der Waals surface area (Å²) in [7, 11) is 0. The average Bonchev–Trinajstić information content (AvgIpc) is 3.13. The molecule has 0 atom stereocenters. The van der Waals surface area contributed by atoms with Gasteiger partial charge in [0.1, 0.15) is 0 Å². The van der Waals surface area contributed by atoms with Gasteiger partial charge in [-0.2, -0.15) is 0 Å². The van der Waals surface area contributed by atoms with Crippen LogP contribution in [0, 0.1) is 6.92 Å². The van der Waals surface area contributed by atoms with Gasteiger partial charge in [0.25, 0.3) is 0 Å². The number of piperazine rings is 1. The SMILES string of the molecule is CCCN1CCN(Cc2csc(Nc3ccc(C)cc3)n2)CC1.O=C(O)C(=O)O. The number of aromatic nitrogens is 1. The fraction of sp³-hybridized carbons (Fsp3) is 0.450. The zero-order chi connectivity index (χ0) is 21.2. The van der Waals surface area contributed by atoms with Crippen LogP contribution >= 0.6 is 11.3 Å². The molecule has 1 aliphatic heterocycles. The van der Waals surface area contributed by atoms with E-state index in [4.69, 9.17) is 24.8 Å². The second kappa shape index (κ2) is 11.5. The number of anilines is 2. The summed E-state index contributed by atoms with van der Waals surface area (Å²) in [5.74, 6) is -3.65. The first kappa shape index (κ1) is 22.8. The molecule has 0 radical (unpaired) electrons. The Morgan fingerprint density at radius 1 is 1.07 bits per heavy atom. The van der Waals surface area contributed by atoms with Crippen LogP contribution in [-0.4, -0.2) is 69.7 Å². The van der Waals surface area contributed by atoms with Crippen molar-refractivity contribution in [3.05, 3.63) is 40.9 Å². The Hall–Kier alpha value is -2.49. The Morgan fingerprint density at radius 2 is 1.66 bits per heavy atom. The number of carbonyl (C=O) groups is 2. The maximum Gasteiger partial charge on any atom is 0.414 e. The average molecular weight is 421 g/mol. The quantitative estimate of drug-likeness (QED) is 0.613. The molecule has 0 amide bonds. The van der Waals surface area contributed by atoms with Gasteiger partial charge in [0.15, 0.2) is 5.13 Å². The highest BCUT2D eigenvalue weighted by Crippen LogP contribution is 2.22. The molecule has 0 spiro atoms. The normalized spacial score (nSPS) is 14.7. The van der Waals surface area contributed by atoms with E-state index in [1.807, 2.05) is 0 Å². The molecule has 9 heteroatoms. The number of aryl methyl sites for hydroxylation is 1. The van der Waals surface area contributed by atoms with E-state index in [0.717, 1.165) is 30.5 Å². The number of nitrogens with zero attached hydrogens (tertiary/aromatic N) is 3. The number of nitrogens with one attached hydrogen (secondary N) is 1. The maximum atomic E-state index is 9.10. The van der Waals surface area contributed by atoms with Crippen molar-refractivity contribution >= 4 is 34.1 Å². The Morgan fingerprint density at radius 3 is 2.21 bits per heavy atom. The largest absolute Gasteiger partial charge is 0.473 e. The third-order valence-corrected chi connectivity index (χ3v) is 5.23. The molecule has 0 aliphatic carbocycles. The van der Waals surface area contributed by atoms with E-state index in [1.54, 1.807) is 11.3 Å². The molecule has 29 heavy (non-hydrogen) atoms. The van der Waals surface area contributed by atoms with Crippen molar-refractivity contribution in [3.8, 4) is 0 Å². The smallest absolute Gasteiger partial charge is 0.414 e. The van der Waals surface area contributed by atoms with Crippen LogP contribution in [0.15, 0.2) is 29.6 Å². The van der Waals surface area contributed by atoms with Gasteiger partial charge in [0.2, 0.25) is 0 Å². The van der Waals surface area contributed by atoms with Crippen LogP contribution < -0.4 is 5.32 Å². The molecule has 2 aromatic rings. The van der Waals surface area contributed by atoms with Gasteiger partial charge in [-0.1, -0.05) is 24.6 Å². The van der Waals surface area contributed by atoms with E-state index in [9.17, 15) is 0 Å². The molecule has 1 fully saturated rings. The summed E-state index contributed by atoms with van der Waals surface area (Å²) in [6.45, 7) is 11.2. The zero-order valence-electron chi connectivity index (χ0n) is 16.8. The molecule has 0 saturated carbocycles. The summed E-state index contributed by atoms with van der Waals surface area (Å²) in [6, 6.07) is 8.44. The van der Waals surface area contributed by atoms with Crippen molar-refractivity contribution in [3.63, 3.8) is 0 Å². The van der Waals surface area contributed by atoms with Crippen LogP contribution in [0.2, 0.25) is 0 Å². The van der Waals surface area contributed by atoms with Gasteiger partial charge in [-0.3, -0.25) is 4.90 Å². The van der Waals surface area contributed by atoms with Crippen LogP contribution in [-0.2, 0) is 16.1 Å². The Balaban J connectivity index is 0.000000438. The predicted octanol–water partition coefficient (Wildman–Crippen LogP) is 2.88. The summed E-state index contributed by atoms with van der Waals surface area (Å²) < 4.78 is 0. The number of aliphatic carboxylic acids is 2. The van der Waals surface area contributed by atoms with Gasteiger partial charge in [0, 0.05) is 43.8 Å². The van der Waals surface area contributed by atoms with Crippen LogP contribution in [0.1, 0.15) is 24.6 Å². The van der Waals surface area contributed by atoms with E-state index >= 15 is 0 Å². The molecule has 1 aromatic carbocycles. The second-order valence-corrected chi connectivity index (χ2v) is 7.72. The van der Waals surface area contributed by atoms with Crippen molar-refractivity contribution in [1.82, 2.24) is 14.8 Å². The number of carboxylic acid groups (broad SMARTS) is 2. The molecule has 0 bridgehead atoms. The summed E-state index contributed by atoms with van der Waals surface area (Å²) in [5.41, 5.74) is 3.55. The number of thiazole rings is 1. The standard InChI is InChI=1S/C18H26N4S.C2H2O4/c1-3-8-21-9-11-22(12-10-21)13-17-14-23-18(20-17)19-16-6-4-15(2)5-7-16;3-1(4)2(5)6/h4-7,14H,3,8-13H2,1-2H3,(H,19,20);(H,3,4)(H,5,6). The molecular formula is C20H28N4O4S. The van der Waals surface area contributed by atoms with E-state index in [-0.39, 0.29) is 0 Å². The number of hydrogen-bond donors (Lipinski definition) is 3. The van der Waals surface area contributed by atoms with Gasteiger partial charge < -0.3 is 20.4 Å². The molecule has 3 N–H and O–H groups in total. The summed E-state index contributed by atoms with van der Waals surface area (Å²) in [4.78, 5) is 28.0. The Bertz CT molecular complexity index is 774. The topological polar surface area (TPSA) is 106 Å². The van der Waals surface area contributed by atoms with Crippen LogP contribution in [0.4, 0.5) is 10.8 Å². The molecular weight excluding hydrogens is 392 g/mol. The molecule has 1 aromatic heterocycles. The fourth-order valence-corrected chi connectivity index (χ4v) is 3.64. The Kier molecular flexibility index (Phi) is 9.04. The van der Waals surface area contributed by atoms with Crippen molar-refractivity contribution < 1.29 is 19.8 Å². The first-order valence-corrected chi connectivity index (χ1v) is 10.4. The van der Waals surface area contributed by atoms with Crippen LogP contribution in [0.25, 0.3) is 0 Å². The van der Waals surface area contributed by atoms with Crippen molar-refractivity contribution in [2.45, 2.75) is 26.8 Å². The highest BCUT2D eigenvalue weighted by molar-refractivity contribution is 7.13. The minimum atomic E-state index is -1.82. The molecule has 158 valence electrons. The number of benzene rings is 1. The maximum absolute atomic E-state index is 9.10. The number of carboxylic acids is 2. The van der Waals surface area contributed by atoms with Crippen LogP contribution in [0.3, 0.4) is 0 Å². The molecule has 3 rings (SSSR count). The minimum Gasteiger partial charge on any atom is -0.473 e. The monoisotopic (exact) mass is 420 g/mol. The van der Waals surface area contributed by atoms with E-state index in [0.29, 0.717) is 0 Å². The van der Waals surface area contributed by atoms with Gasteiger partial charge in [0.05, 0.1) is 5.69 Å². The van der Waals surface area contributed by atoms with E-state index < -0.39 is 11.9 Å². The summed E-state index contributed by atoms with van der Waals surface area (Å²) in [6.07, 6.45) is 1.25. The number of hydrogen-bond acceptors (Lipinski definition) is 7. The zero-order valence-corrected chi connectivity index (χ0v) is 17.6. The lowest BCUT2D eigenvalue weighted by atomic mass is 10.2. The molecule has 0 unspecified atom stereocenters. The van der Waals surface area contributed by atoms with Crippen LogP contribution in [0.5, 0.6) is 0 Å². The Labute approximate surface area is 174 Å². The first-order valence-electron chi connectivity index (χ1n) is 9.56. The third kappa shape index (κ3) is 8.18. The molecule has 1 saturated heterocycles. The first-order chi connectivity index (χ1) is 13.9. The predicted molar refractivity (Wildman–Crippen MR) is 114 cm³/mol. The lowest BCUT2D eigenvalue weighted by Crippen LogP contribution is -2.46. The third-order valence-electron chi connectivity index (χ3n) is 4.43. The lowest BCUT2D eigenvalue weighted by Gasteiger charge is -2.34. The van der Waals surface area contributed by atoms with Gasteiger partial charge in [-0.05, 0) is 32.0 Å². The lowest BCUT2D eigenvalue weighted by molar-refractivity contribution is -0.159. The van der Waals surface area contributed by atoms with Gasteiger partial charge in [-0.25, -0.2) is 14.6 Å². The highest BCUT2D eigenvalue weighted by atomic mass is 32.1. The molecule has 8 nitrogen and oxygen atoms in total. The molecule has 2 heterocycles. The van der Waals surface area contributed by atoms with E-state index in [1.165, 1.54) is 37.3 Å². The van der Waals surface area contributed by atoms with Gasteiger partial charge >= 0.3 is 11.9 Å². The summed E-state index contributed by atoms with van der Waals surface area (Å²) in [5, 5.41) is 21.3. The summed E-state index contributed by atoms with van der Waals surface area (Å²) >= 11 is 1.69. The van der Waals surface area contributed by atoms with Crippen molar-refractivity contribution in [2.75, 3.05) is 38.0 Å². The fourth-order valence-electron chi connectivity index (χ4n) is 2.91. The van der Waals surface area contributed by atoms with Gasteiger partial charge in [-0.15, -0.1) is 11.3 Å². The van der Waals surface area contributed by atoms with Crippen molar-refractivity contribution in [2.24, 2.45) is 0 Å².